The molecule has 190 valence electrons. The minimum Gasteiger partial charge on any atom is -0.406 e. The zero-order valence-electron chi connectivity index (χ0n) is 19.4. The number of pyridine rings is 2. The fraction of sp³-hybridized carbons (Fsp3) is 0.0741. The molecular formula is C27H17ClF3N5O2. The van der Waals surface area contributed by atoms with Gasteiger partial charge in [-0.25, -0.2) is 4.68 Å². The number of nitrogens with zero attached hydrogens (tertiary/aromatic N) is 5. The number of carbonyl (C=O) groups is 1. The summed E-state index contributed by atoms with van der Waals surface area (Å²) < 4.78 is 43.7. The Morgan fingerprint density at radius 3 is 2.47 bits per heavy atom. The van der Waals surface area contributed by atoms with Crippen LogP contribution in [0.25, 0.3) is 22.6 Å². The molecule has 7 nitrogen and oxygen atoms in total. The molecule has 0 spiro atoms. The summed E-state index contributed by atoms with van der Waals surface area (Å²) in [7, 11) is 0. The van der Waals surface area contributed by atoms with E-state index in [9.17, 15) is 18.0 Å². The number of ketones is 1. The number of aromatic nitrogens is 5. The van der Waals surface area contributed by atoms with E-state index in [2.05, 4.69) is 25.0 Å². The summed E-state index contributed by atoms with van der Waals surface area (Å²) in [6, 6.07) is 19.0. The summed E-state index contributed by atoms with van der Waals surface area (Å²) in [4.78, 5) is 22.1. The molecule has 0 amide bonds. The van der Waals surface area contributed by atoms with Crippen LogP contribution in [0.15, 0.2) is 91.4 Å². The Balaban J connectivity index is 1.60. The van der Waals surface area contributed by atoms with Crippen molar-refractivity contribution in [2.45, 2.75) is 12.9 Å². The SMILES string of the molecule is O=C(c1ccccc1Cl)c1cccnc1-c1nnn(Cc2cccc(OC(F)(F)F)c2)c1-c1cccnc1. The quantitative estimate of drug-likeness (QED) is 0.230. The van der Waals surface area contributed by atoms with Crippen LogP contribution in [0.1, 0.15) is 21.5 Å². The smallest absolute Gasteiger partial charge is 0.406 e. The van der Waals surface area contributed by atoms with Gasteiger partial charge in [0.1, 0.15) is 22.8 Å². The standard InChI is InChI=1S/C27H17ClF3N5O2/c28-22-11-2-1-9-20(22)26(37)21-10-5-13-33-23(21)24-25(18-7-4-12-32-15-18)36(35-34-24)16-17-6-3-8-19(14-17)38-27(29,30)31/h1-15H,16H2. The Kier molecular flexibility index (Phi) is 6.89. The average molecular weight is 536 g/mol. The molecule has 0 atom stereocenters. The first kappa shape index (κ1) is 25.1. The Hall–Kier alpha value is -4.57. The van der Waals surface area contributed by atoms with Gasteiger partial charge in [-0.1, -0.05) is 41.1 Å². The third-order valence-corrected chi connectivity index (χ3v) is 5.86. The second kappa shape index (κ2) is 10.4. The lowest BCUT2D eigenvalue weighted by molar-refractivity contribution is -0.274. The van der Waals surface area contributed by atoms with Crippen molar-refractivity contribution in [1.82, 2.24) is 25.0 Å². The molecule has 5 rings (SSSR count). The van der Waals surface area contributed by atoms with E-state index in [1.54, 1.807) is 67.0 Å². The first-order chi connectivity index (χ1) is 18.3. The Morgan fingerprint density at radius 2 is 1.71 bits per heavy atom. The van der Waals surface area contributed by atoms with Gasteiger partial charge in [-0.2, -0.15) is 0 Å². The lowest BCUT2D eigenvalue weighted by Gasteiger charge is -2.12. The predicted octanol–water partition coefficient (Wildman–Crippen LogP) is 6.23. The molecule has 11 heteroatoms. The molecule has 0 aliphatic rings. The third-order valence-electron chi connectivity index (χ3n) is 5.53. The first-order valence-corrected chi connectivity index (χ1v) is 11.6. The predicted molar refractivity (Wildman–Crippen MR) is 134 cm³/mol. The molecule has 0 fully saturated rings. The maximum absolute atomic E-state index is 13.5. The lowest BCUT2D eigenvalue weighted by Crippen LogP contribution is -2.17. The Bertz CT molecular complexity index is 1610. The van der Waals surface area contributed by atoms with Crippen molar-refractivity contribution in [2.24, 2.45) is 0 Å². The second-order valence-electron chi connectivity index (χ2n) is 8.09. The summed E-state index contributed by atoms with van der Waals surface area (Å²) in [5.41, 5.74) is 2.73. The van der Waals surface area contributed by atoms with Gasteiger partial charge in [0, 0.05) is 29.7 Å². The maximum Gasteiger partial charge on any atom is 0.573 e. The van der Waals surface area contributed by atoms with Crippen molar-refractivity contribution in [3.63, 3.8) is 0 Å². The highest BCUT2D eigenvalue weighted by Gasteiger charge is 2.31. The molecule has 3 aromatic heterocycles. The molecular weight excluding hydrogens is 519 g/mol. The van der Waals surface area contributed by atoms with Crippen LogP contribution in [-0.2, 0) is 6.54 Å². The van der Waals surface area contributed by atoms with Gasteiger partial charge in [-0.3, -0.25) is 14.8 Å². The van der Waals surface area contributed by atoms with Crippen molar-refractivity contribution < 1.29 is 22.7 Å². The minimum absolute atomic E-state index is 0.0624. The molecule has 0 saturated heterocycles. The molecule has 0 aliphatic carbocycles. The van der Waals surface area contributed by atoms with E-state index >= 15 is 0 Å². The van der Waals surface area contributed by atoms with Crippen LogP contribution in [0.5, 0.6) is 5.75 Å². The number of hydrogen-bond donors (Lipinski definition) is 0. The highest BCUT2D eigenvalue weighted by atomic mass is 35.5. The number of benzene rings is 2. The number of carbonyl (C=O) groups excluding carboxylic acids is 1. The Morgan fingerprint density at radius 1 is 0.921 bits per heavy atom. The van der Waals surface area contributed by atoms with Crippen molar-refractivity contribution in [2.75, 3.05) is 0 Å². The van der Waals surface area contributed by atoms with E-state index in [1.165, 1.54) is 29.1 Å². The molecule has 5 aromatic rings. The van der Waals surface area contributed by atoms with Gasteiger partial charge in [0.15, 0.2) is 5.78 Å². The molecule has 0 saturated carbocycles. The van der Waals surface area contributed by atoms with E-state index in [0.29, 0.717) is 33.1 Å². The molecule has 0 unspecified atom stereocenters. The largest absolute Gasteiger partial charge is 0.573 e. The van der Waals surface area contributed by atoms with Gasteiger partial charge in [-0.05, 0) is 54.1 Å². The maximum atomic E-state index is 13.5. The van der Waals surface area contributed by atoms with Crippen LogP contribution in [0.2, 0.25) is 5.02 Å². The van der Waals surface area contributed by atoms with Crippen molar-refractivity contribution >= 4 is 17.4 Å². The van der Waals surface area contributed by atoms with Gasteiger partial charge in [0.25, 0.3) is 0 Å². The van der Waals surface area contributed by atoms with Crippen molar-refractivity contribution in [3.8, 4) is 28.4 Å². The third kappa shape index (κ3) is 5.40. The number of ether oxygens (including phenoxy) is 1. The van der Waals surface area contributed by atoms with Crippen LogP contribution in [0, 0.1) is 0 Å². The molecule has 38 heavy (non-hydrogen) atoms. The average Bonchev–Trinajstić information content (AvgIpc) is 3.31. The molecule has 0 radical (unpaired) electrons. The number of rotatable bonds is 7. The van der Waals surface area contributed by atoms with Gasteiger partial charge in [-0.15, -0.1) is 18.3 Å². The van der Waals surface area contributed by atoms with Gasteiger partial charge >= 0.3 is 6.36 Å². The summed E-state index contributed by atoms with van der Waals surface area (Å²) in [6.45, 7) is 0.0624. The number of halogens is 4. The molecule has 3 heterocycles. The van der Waals surface area contributed by atoms with Crippen molar-refractivity contribution in [3.05, 3.63) is 113 Å². The van der Waals surface area contributed by atoms with Crippen LogP contribution in [0.3, 0.4) is 0 Å². The summed E-state index contributed by atoms with van der Waals surface area (Å²) in [6.07, 6.45) is -0.0883. The fourth-order valence-corrected chi connectivity index (χ4v) is 4.17. The van der Waals surface area contributed by atoms with Crippen LogP contribution >= 0.6 is 11.6 Å². The first-order valence-electron chi connectivity index (χ1n) is 11.2. The molecule has 0 bridgehead atoms. The van der Waals surface area contributed by atoms with Gasteiger partial charge in [0.2, 0.25) is 0 Å². The normalized spacial score (nSPS) is 11.4. The lowest BCUT2D eigenvalue weighted by atomic mass is 9.98. The minimum atomic E-state index is -4.82. The topological polar surface area (TPSA) is 82.8 Å². The molecule has 0 N–H and O–H groups in total. The van der Waals surface area contributed by atoms with Crippen LogP contribution in [0.4, 0.5) is 13.2 Å². The molecule has 2 aromatic carbocycles. The van der Waals surface area contributed by atoms with Gasteiger partial charge in [0.05, 0.1) is 17.1 Å². The van der Waals surface area contributed by atoms with Crippen molar-refractivity contribution in [1.29, 1.82) is 0 Å². The zero-order valence-corrected chi connectivity index (χ0v) is 20.2. The molecule has 0 aliphatic heterocycles. The summed E-state index contributed by atoms with van der Waals surface area (Å²) in [5.74, 6) is -0.696. The van der Waals surface area contributed by atoms with E-state index in [1.807, 2.05) is 0 Å². The van der Waals surface area contributed by atoms with E-state index in [-0.39, 0.29) is 29.3 Å². The number of alkyl halides is 3. The van der Waals surface area contributed by atoms with E-state index in [4.69, 9.17) is 11.6 Å². The van der Waals surface area contributed by atoms with Crippen LogP contribution in [-0.4, -0.2) is 37.1 Å². The number of hydrogen-bond acceptors (Lipinski definition) is 6. The highest BCUT2D eigenvalue weighted by molar-refractivity contribution is 6.35. The Labute approximate surface area is 219 Å². The second-order valence-corrected chi connectivity index (χ2v) is 8.50. The monoisotopic (exact) mass is 535 g/mol. The van der Waals surface area contributed by atoms with E-state index < -0.39 is 6.36 Å². The highest BCUT2D eigenvalue weighted by Crippen LogP contribution is 2.33. The fourth-order valence-electron chi connectivity index (χ4n) is 3.95. The summed E-state index contributed by atoms with van der Waals surface area (Å²) >= 11 is 6.28. The van der Waals surface area contributed by atoms with E-state index in [0.717, 1.165) is 0 Å². The summed E-state index contributed by atoms with van der Waals surface area (Å²) in [5, 5.41) is 8.88. The van der Waals surface area contributed by atoms with Gasteiger partial charge < -0.3 is 4.74 Å². The zero-order chi connectivity index (χ0) is 26.7. The van der Waals surface area contributed by atoms with Crippen LogP contribution < -0.4 is 4.74 Å².